The van der Waals surface area contributed by atoms with Crippen molar-refractivity contribution in [1.29, 1.82) is 0 Å². The molecule has 0 aliphatic rings. The fourth-order valence-corrected chi connectivity index (χ4v) is 2.77. The van der Waals surface area contributed by atoms with Gasteiger partial charge < -0.3 is 15.5 Å². The van der Waals surface area contributed by atoms with E-state index in [0.717, 1.165) is 5.69 Å². The maximum absolute atomic E-state index is 12.8. The van der Waals surface area contributed by atoms with Crippen LogP contribution < -0.4 is 15.5 Å². The van der Waals surface area contributed by atoms with Crippen LogP contribution in [0.4, 0.5) is 11.4 Å². The predicted octanol–water partition coefficient (Wildman–Crippen LogP) is 3.04. The summed E-state index contributed by atoms with van der Waals surface area (Å²) < 4.78 is 1.64. The Labute approximate surface area is 164 Å². The third kappa shape index (κ3) is 4.14. The topological polar surface area (TPSA) is 78.7 Å². The van der Waals surface area contributed by atoms with Crippen molar-refractivity contribution in [3.8, 4) is 0 Å². The van der Waals surface area contributed by atoms with E-state index in [1.54, 1.807) is 22.7 Å². The first-order valence-electron chi connectivity index (χ1n) is 9.21. The Bertz CT molecular complexity index is 990. The Morgan fingerprint density at radius 2 is 1.79 bits per heavy atom. The molecule has 0 atom stereocenters. The molecule has 2 amide bonds. The first kappa shape index (κ1) is 19.4. The van der Waals surface area contributed by atoms with E-state index in [-0.39, 0.29) is 23.3 Å². The lowest BCUT2D eigenvalue weighted by atomic mass is 10.2. The third-order valence-corrected chi connectivity index (χ3v) is 4.28. The van der Waals surface area contributed by atoms with Gasteiger partial charge in [0, 0.05) is 38.2 Å². The number of benzene rings is 1. The van der Waals surface area contributed by atoms with Crippen LogP contribution >= 0.6 is 0 Å². The van der Waals surface area contributed by atoms with Crippen LogP contribution in [-0.2, 0) is 0 Å². The van der Waals surface area contributed by atoms with Crippen molar-refractivity contribution in [2.75, 3.05) is 30.9 Å². The van der Waals surface area contributed by atoms with Gasteiger partial charge in [-0.1, -0.05) is 19.9 Å². The lowest BCUT2D eigenvalue weighted by Gasteiger charge is -2.12. The number of fused-ring (bicyclic) bond motifs is 1. The van der Waals surface area contributed by atoms with Crippen molar-refractivity contribution >= 4 is 28.7 Å². The lowest BCUT2D eigenvalue weighted by Crippen LogP contribution is -2.29. The van der Waals surface area contributed by atoms with Crippen molar-refractivity contribution in [3.63, 3.8) is 0 Å². The highest BCUT2D eigenvalue weighted by atomic mass is 16.2. The van der Waals surface area contributed by atoms with Crippen molar-refractivity contribution in [2.45, 2.75) is 13.8 Å². The zero-order chi connectivity index (χ0) is 20.3. The smallest absolute Gasteiger partial charge is 0.287 e. The predicted molar refractivity (Wildman–Crippen MR) is 111 cm³/mol. The summed E-state index contributed by atoms with van der Waals surface area (Å²) >= 11 is 0. The molecule has 0 saturated heterocycles. The molecule has 7 heteroatoms. The molecule has 0 bridgehead atoms. The summed E-state index contributed by atoms with van der Waals surface area (Å²) in [6.45, 7) is 4.58. The Balaban J connectivity index is 1.87. The van der Waals surface area contributed by atoms with E-state index >= 15 is 0 Å². The minimum atomic E-state index is -0.357. The van der Waals surface area contributed by atoms with Crippen LogP contribution in [0, 0.1) is 5.92 Å². The lowest BCUT2D eigenvalue weighted by molar-refractivity contribution is 0.0938. The highest BCUT2D eigenvalue weighted by Gasteiger charge is 2.21. The molecule has 0 saturated carbocycles. The largest absolute Gasteiger partial charge is 0.378 e. The van der Waals surface area contributed by atoms with E-state index in [2.05, 4.69) is 15.6 Å². The maximum atomic E-state index is 12.8. The molecular formula is C21H25N5O2. The first-order valence-corrected chi connectivity index (χ1v) is 9.21. The van der Waals surface area contributed by atoms with Gasteiger partial charge in [0.15, 0.2) is 5.69 Å². The highest BCUT2D eigenvalue weighted by Crippen LogP contribution is 2.18. The van der Waals surface area contributed by atoms with E-state index in [0.29, 0.717) is 23.7 Å². The molecule has 3 aromatic rings. The number of rotatable bonds is 6. The third-order valence-electron chi connectivity index (χ3n) is 4.28. The maximum Gasteiger partial charge on any atom is 0.287 e. The number of nitrogens with one attached hydrogen (secondary N) is 2. The van der Waals surface area contributed by atoms with Crippen LogP contribution in [0.25, 0.3) is 5.52 Å². The van der Waals surface area contributed by atoms with Crippen LogP contribution in [-0.4, -0.2) is 41.8 Å². The Hall–Kier alpha value is -3.35. The van der Waals surface area contributed by atoms with Gasteiger partial charge in [-0.2, -0.15) is 0 Å². The number of anilines is 2. The summed E-state index contributed by atoms with van der Waals surface area (Å²) in [6, 6.07) is 12.9. The van der Waals surface area contributed by atoms with Gasteiger partial charge in [0.1, 0.15) is 0 Å². The number of nitrogens with zero attached hydrogens (tertiary/aromatic N) is 3. The van der Waals surface area contributed by atoms with Gasteiger partial charge in [0.25, 0.3) is 11.8 Å². The second kappa shape index (κ2) is 8.12. The average molecular weight is 379 g/mol. The molecule has 0 aliphatic carbocycles. The van der Waals surface area contributed by atoms with E-state index in [1.165, 1.54) is 0 Å². The van der Waals surface area contributed by atoms with Crippen LogP contribution in [0.1, 0.15) is 35.0 Å². The Morgan fingerprint density at radius 3 is 2.43 bits per heavy atom. The summed E-state index contributed by atoms with van der Waals surface area (Å²) in [5.41, 5.74) is 2.50. The highest BCUT2D eigenvalue weighted by molar-refractivity contribution is 6.09. The minimum Gasteiger partial charge on any atom is -0.378 e. The molecule has 0 radical (unpaired) electrons. The number of aromatic nitrogens is 2. The van der Waals surface area contributed by atoms with E-state index < -0.39 is 0 Å². The molecular weight excluding hydrogens is 354 g/mol. The second-order valence-electron chi connectivity index (χ2n) is 7.24. The van der Waals surface area contributed by atoms with E-state index in [9.17, 15) is 9.59 Å². The molecule has 0 unspecified atom stereocenters. The molecule has 2 N–H and O–H groups in total. The first-order chi connectivity index (χ1) is 13.4. The number of imidazole rings is 1. The Morgan fingerprint density at radius 1 is 1.07 bits per heavy atom. The quantitative estimate of drug-likeness (QED) is 0.690. The fraction of sp³-hybridized carbons (Fsp3) is 0.286. The van der Waals surface area contributed by atoms with Crippen LogP contribution in [0.3, 0.4) is 0 Å². The minimum absolute atomic E-state index is 0.198. The molecule has 2 aromatic heterocycles. The van der Waals surface area contributed by atoms with Crippen molar-refractivity contribution < 1.29 is 9.59 Å². The molecule has 0 aliphatic heterocycles. The molecule has 1 aromatic carbocycles. The van der Waals surface area contributed by atoms with Gasteiger partial charge in [0.2, 0.25) is 5.82 Å². The van der Waals surface area contributed by atoms with Crippen molar-refractivity contribution in [1.82, 2.24) is 14.7 Å². The van der Waals surface area contributed by atoms with Crippen LogP contribution in [0.2, 0.25) is 0 Å². The normalized spacial score (nSPS) is 10.9. The number of carbonyl (C=O) groups excluding carboxylic acids is 2. The van der Waals surface area contributed by atoms with Gasteiger partial charge >= 0.3 is 0 Å². The van der Waals surface area contributed by atoms with Crippen LogP contribution in [0.15, 0.2) is 48.7 Å². The van der Waals surface area contributed by atoms with Crippen molar-refractivity contribution in [3.05, 3.63) is 60.2 Å². The number of amides is 2. The number of hydrogen-bond acceptors (Lipinski definition) is 4. The van der Waals surface area contributed by atoms with E-state index in [4.69, 9.17) is 0 Å². The summed E-state index contributed by atoms with van der Waals surface area (Å²) in [7, 11) is 3.91. The van der Waals surface area contributed by atoms with Gasteiger partial charge in [-0.25, -0.2) is 4.98 Å². The standard InChI is InChI=1S/C21H25N5O2/c1-14(2)13-22-21(28)19-24-18(17-7-5-6-12-26(17)19)20(27)23-15-8-10-16(11-9-15)25(3)4/h5-12,14H,13H2,1-4H3,(H,22,28)(H,23,27). The number of carbonyl (C=O) groups is 2. The monoisotopic (exact) mass is 379 g/mol. The summed E-state index contributed by atoms with van der Waals surface area (Å²) in [5, 5.41) is 5.70. The molecule has 146 valence electrons. The molecule has 28 heavy (non-hydrogen) atoms. The molecule has 2 heterocycles. The zero-order valence-corrected chi connectivity index (χ0v) is 16.6. The Kier molecular flexibility index (Phi) is 5.63. The zero-order valence-electron chi connectivity index (χ0n) is 16.6. The second-order valence-corrected chi connectivity index (χ2v) is 7.24. The summed E-state index contributed by atoms with van der Waals surface area (Å²) in [4.78, 5) is 31.7. The van der Waals surface area contributed by atoms with Crippen molar-refractivity contribution in [2.24, 2.45) is 5.92 Å². The van der Waals surface area contributed by atoms with Gasteiger partial charge in [-0.05, 0) is 42.3 Å². The fourth-order valence-electron chi connectivity index (χ4n) is 2.77. The molecule has 0 spiro atoms. The summed E-state index contributed by atoms with van der Waals surface area (Å²) in [5.74, 6) is -0.138. The molecule has 3 rings (SSSR count). The summed E-state index contributed by atoms with van der Waals surface area (Å²) in [6.07, 6.45) is 1.73. The van der Waals surface area contributed by atoms with Gasteiger partial charge in [0.05, 0.1) is 5.52 Å². The molecule has 7 nitrogen and oxygen atoms in total. The van der Waals surface area contributed by atoms with Gasteiger partial charge in [-0.15, -0.1) is 0 Å². The number of hydrogen-bond donors (Lipinski definition) is 2. The number of pyridine rings is 1. The molecule has 0 fully saturated rings. The SMILES string of the molecule is CC(C)CNC(=O)c1nc(C(=O)Nc2ccc(N(C)C)cc2)c2ccccn12. The van der Waals surface area contributed by atoms with Gasteiger partial charge in [-0.3, -0.25) is 14.0 Å². The average Bonchev–Trinajstić information content (AvgIpc) is 3.06. The van der Waals surface area contributed by atoms with E-state index in [1.807, 2.05) is 63.2 Å². The van der Waals surface area contributed by atoms with Crippen LogP contribution in [0.5, 0.6) is 0 Å².